The first-order valence-electron chi connectivity index (χ1n) is 8.82. The number of nitrogens with zero attached hydrogens (tertiary/aromatic N) is 1. The minimum Gasteiger partial charge on any atom is -0.748 e. The van der Waals surface area contributed by atoms with Crippen LogP contribution in [-0.4, -0.2) is 62.8 Å². The second-order valence-electron chi connectivity index (χ2n) is 6.97. The molecule has 0 atom stereocenters. The predicted molar refractivity (Wildman–Crippen MR) is 96.5 cm³/mol. The van der Waals surface area contributed by atoms with E-state index in [9.17, 15) is 17.8 Å². The van der Waals surface area contributed by atoms with Crippen molar-refractivity contribution in [2.75, 3.05) is 39.5 Å². The fraction of sp³-hybridized carbons (Fsp3) is 0.824. The van der Waals surface area contributed by atoms with Crippen LogP contribution in [0.2, 0.25) is 0 Å². The van der Waals surface area contributed by atoms with E-state index in [4.69, 9.17) is 0 Å². The van der Waals surface area contributed by atoms with Crippen LogP contribution in [0.15, 0.2) is 12.7 Å². The monoisotopic (exact) mass is 362 g/mol. The van der Waals surface area contributed by atoms with Gasteiger partial charge in [-0.2, -0.15) is 0 Å². The van der Waals surface area contributed by atoms with Crippen LogP contribution in [0.3, 0.4) is 0 Å². The van der Waals surface area contributed by atoms with E-state index >= 15 is 0 Å². The number of unbranched alkanes of at least 4 members (excludes halogenated alkanes) is 6. The van der Waals surface area contributed by atoms with E-state index in [2.05, 4.69) is 26.0 Å². The second kappa shape index (κ2) is 12.4. The summed E-state index contributed by atoms with van der Waals surface area (Å²) in [6, 6.07) is 0. The summed E-state index contributed by atoms with van der Waals surface area (Å²) in [5.41, 5.74) is 0. The molecule has 0 spiro atoms. The number of nitrogens with one attached hydrogen (secondary N) is 1. The molecule has 0 saturated carbocycles. The van der Waals surface area contributed by atoms with Crippen molar-refractivity contribution in [2.24, 2.45) is 0 Å². The Morgan fingerprint density at radius 2 is 1.50 bits per heavy atom. The van der Waals surface area contributed by atoms with E-state index in [-0.39, 0.29) is 11.7 Å². The van der Waals surface area contributed by atoms with Crippen LogP contribution in [-0.2, 0) is 14.9 Å². The largest absolute Gasteiger partial charge is 0.748 e. The van der Waals surface area contributed by atoms with Crippen molar-refractivity contribution >= 4 is 16.0 Å². The molecule has 0 aliphatic carbocycles. The van der Waals surface area contributed by atoms with Gasteiger partial charge in [0.2, 0.25) is 5.91 Å². The zero-order valence-electron chi connectivity index (χ0n) is 15.3. The quantitative estimate of drug-likeness (QED) is 0.209. The number of rotatable bonds is 15. The van der Waals surface area contributed by atoms with Crippen molar-refractivity contribution in [1.82, 2.24) is 5.32 Å². The summed E-state index contributed by atoms with van der Waals surface area (Å²) in [5.74, 6) is -0.370. The van der Waals surface area contributed by atoms with Crippen LogP contribution in [0, 0.1) is 0 Å². The Hall–Kier alpha value is -0.920. The maximum atomic E-state index is 10.9. The van der Waals surface area contributed by atoms with Crippen LogP contribution in [0.4, 0.5) is 0 Å². The van der Waals surface area contributed by atoms with Crippen molar-refractivity contribution in [3.05, 3.63) is 12.7 Å². The molecule has 0 aliphatic heterocycles. The number of amides is 1. The average molecular weight is 363 g/mol. The van der Waals surface area contributed by atoms with Crippen molar-refractivity contribution in [3.63, 3.8) is 0 Å². The fourth-order valence-electron chi connectivity index (χ4n) is 2.61. The summed E-state index contributed by atoms with van der Waals surface area (Å²) in [6.45, 7) is 5.85. The molecule has 0 aromatic carbocycles. The molecule has 0 fully saturated rings. The Bertz CT molecular complexity index is 461. The predicted octanol–water partition coefficient (Wildman–Crippen LogP) is 2.03. The highest BCUT2D eigenvalue weighted by Gasteiger charge is 2.14. The zero-order valence-corrected chi connectivity index (χ0v) is 16.1. The third-order valence-corrected chi connectivity index (χ3v) is 4.87. The minimum absolute atomic E-state index is 0.108. The molecular weight excluding hydrogens is 328 g/mol. The van der Waals surface area contributed by atoms with E-state index < -0.39 is 10.1 Å². The molecule has 0 saturated heterocycles. The summed E-state index contributed by atoms with van der Waals surface area (Å²) >= 11 is 0. The van der Waals surface area contributed by atoms with Gasteiger partial charge in [-0.1, -0.05) is 32.3 Å². The molecule has 0 bridgehead atoms. The van der Waals surface area contributed by atoms with Crippen LogP contribution < -0.4 is 5.32 Å². The third kappa shape index (κ3) is 16.0. The summed E-state index contributed by atoms with van der Waals surface area (Å²) in [4.78, 5) is 10.9. The van der Waals surface area contributed by atoms with Crippen LogP contribution in [0.25, 0.3) is 0 Å². The molecule has 0 heterocycles. The molecule has 0 rings (SSSR count). The van der Waals surface area contributed by atoms with E-state index in [1.807, 2.05) is 0 Å². The lowest BCUT2D eigenvalue weighted by atomic mass is 10.1. The van der Waals surface area contributed by atoms with Crippen molar-refractivity contribution < 1.29 is 22.2 Å². The van der Waals surface area contributed by atoms with Crippen molar-refractivity contribution in [3.8, 4) is 0 Å². The van der Waals surface area contributed by atoms with Crippen LogP contribution in [0.1, 0.15) is 51.4 Å². The molecule has 1 N–H and O–H groups in total. The summed E-state index contributed by atoms with van der Waals surface area (Å²) < 4.78 is 32.6. The number of hydrogen-bond donors (Lipinski definition) is 1. The molecule has 142 valence electrons. The van der Waals surface area contributed by atoms with Gasteiger partial charge in [-0.25, -0.2) is 8.42 Å². The standard InChI is InChI=1S/C17H34N2O4S/c1-4-17(20)18-13-10-8-6-5-7-9-11-14-19(2,3)15-12-16-24(21,22)23/h4H,1,5-16H2,2-3H3,(H-,18,20,21,22,23). The van der Waals surface area contributed by atoms with Gasteiger partial charge in [-0.15, -0.1) is 0 Å². The highest BCUT2D eigenvalue weighted by atomic mass is 32.2. The van der Waals surface area contributed by atoms with Gasteiger partial charge in [0, 0.05) is 18.7 Å². The lowest BCUT2D eigenvalue weighted by Crippen LogP contribution is -2.41. The smallest absolute Gasteiger partial charge is 0.243 e. The highest BCUT2D eigenvalue weighted by molar-refractivity contribution is 7.85. The lowest BCUT2D eigenvalue weighted by molar-refractivity contribution is -0.890. The first-order valence-corrected chi connectivity index (χ1v) is 10.4. The first-order chi connectivity index (χ1) is 11.2. The Kier molecular flexibility index (Phi) is 12.0. The molecular formula is C17H34N2O4S. The molecule has 0 aromatic heterocycles. The summed E-state index contributed by atoms with van der Waals surface area (Å²) in [5, 5.41) is 2.77. The van der Waals surface area contributed by atoms with Gasteiger partial charge >= 0.3 is 0 Å². The molecule has 0 aromatic rings. The van der Waals surface area contributed by atoms with E-state index in [0.717, 1.165) is 43.4 Å². The number of quaternary nitrogens is 1. The number of carbonyl (C=O) groups is 1. The summed E-state index contributed by atoms with van der Waals surface area (Å²) in [6.07, 6.45) is 9.74. The zero-order chi connectivity index (χ0) is 18.5. The third-order valence-electron chi connectivity index (χ3n) is 4.08. The molecule has 0 aliphatic rings. The van der Waals surface area contributed by atoms with Crippen molar-refractivity contribution in [2.45, 2.75) is 51.4 Å². The molecule has 0 unspecified atom stereocenters. The Morgan fingerprint density at radius 3 is 2.04 bits per heavy atom. The van der Waals surface area contributed by atoms with Crippen molar-refractivity contribution in [1.29, 1.82) is 0 Å². The van der Waals surface area contributed by atoms with Gasteiger partial charge in [-0.3, -0.25) is 4.79 Å². The van der Waals surface area contributed by atoms with Gasteiger partial charge in [0.25, 0.3) is 0 Å². The fourth-order valence-corrected chi connectivity index (χ4v) is 3.10. The average Bonchev–Trinajstić information content (AvgIpc) is 2.47. The first kappa shape index (κ1) is 23.1. The van der Waals surface area contributed by atoms with Crippen LogP contribution >= 0.6 is 0 Å². The second-order valence-corrected chi connectivity index (χ2v) is 8.49. The molecule has 7 heteroatoms. The van der Waals surface area contributed by atoms with Gasteiger partial charge in [0.05, 0.1) is 37.3 Å². The Labute approximate surface area is 147 Å². The van der Waals surface area contributed by atoms with E-state index in [1.54, 1.807) is 0 Å². The summed E-state index contributed by atoms with van der Waals surface area (Å²) in [7, 11) is 0.0735. The Balaban J connectivity index is 3.48. The number of hydrogen-bond acceptors (Lipinski definition) is 4. The van der Waals surface area contributed by atoms with Gasteiger partial charge in [0.1, 0.15) is 0 Å². The van der Waals surface area contributed by atoms with Gasteiger partial charge < -0.3 is 14.4 Å². The normalized spacial score (nSPS) is 12.1. The topological polar surface area (TPSA) is 86.3 Å². The SMILES string of the molecule is C=CC(=O)NCCCCCCCCC[N+](C)(C)CCCS(=O)(=O)[O-]. The van der Waals surface area contributed by atoms with E-state index in [1.165, 1.54) is 31.8 Å². The lowest BCUT2D eigenvalue weighted by Gasteiger charge is -2.30. The van der Waals surface area contributed by atoms with Crippen LogP contribution in [0.5, 0.6) is 0 Å². The number of carbonyl (C=O) groups excluding carboxylic acids is 1. The minimum atomic E-state index is -4.08. The van der Waals surface area contributed by atoms with Gasteiger partial charge in [0.15, 0.2) is 0 Å². The molecule has 6 nitrogen and oxygen atoms in total. The molecule has 1 amide bonds. The molecule has 0 radical (unpaired) electrons. The molecule has 24 heavy (non-hydrogen) atoms. The van der Waals surface area contributed by atoms with E-state index in [0.29, 0.717) is 6.42 Å². The maximum absolute atomic E-state index is 10.9. The Morgan fingerprint density at radius 1 is 1.00 bits per heavy atom. The van der Waals surface area contributed by atoms with Gasteiger partial charge in [-0.05, 0) is 25.3 Å². The maximum Gasteiger partial charge on any atom is 0.243 e. The highest BCUT2D eigenvalue weighted by Crippen LogP contribution is 2.10.